The molecule has 1 saturated carbocycles. The fourth-order valence-corrected chi connectivity index (χ4v) is 2.79. The van der Waals surface area contributed by atoms with E-state index in [4.69, 9.17) is 0 Å². The predicted molar refractivity (Wildman–Crippen MR) is 80.6 cm³/mol. The number of hydrogen-bond donors (Lipinski definition) is 3. The van der Waals surface area contributed by atoms with Crippen molar-refractivity contribution in [3.8, 4) is 0 Å². The monoisotopic (exact) mass is 287 g/mol. The molecule has 2 aromatic heterocycles. The first-order valence-electron chi connectivity index (χ1n) is 7.43. The highest BCUT2D eigenvalue weighted by Crippen LogP contribution is 2.31. The molecule has 0 saturated heterocycles. The highest BCUT2D eigenvalue weighted by molar-refractivity contribution is 5.52. The van der Waals surface area contributed by atoms with E-state index in [0.29, 0.717) is 5.92 Å². The number of aromatic amines is 1. The summed E-state index contributed by atoms with van der Waals surface area (Å²) in [6, 6.07) is 3.86. The standard InChI is InChI=1S/C15H21N5O/c1-9-7-13(17-14-8-10(2)19-20-14)18-15(16-9)11-3-5-12(21)6-4-11/h7-8,11-12,21H,3-6H2,1-2H3,(H2,16,17,18,19,20). The molecule has 1 fully saturated rings. The molecule has 112 valence electrons. The van der Waals surface area contributed by atoms with Gasteiger partial charge in [-0.1, -0.05) is 0 Å². The predicted octanol–water partition coefficient (Wildman–Crippen LogP) is 2.58. The lowest BCUT2D eigenvalue weighted by atomic mass is 9.87. The van der Waals surface area contributed by atoms with Crippen LogP contribution in [0.2, 0.25) is 0 Å². The Morgan fingerprint density at radius 3 is 2.52 bits per heavy atom. The summed E-state index contributed by atoms with van der Waals surface area (Å²) >= 11 is 0. The molecule has 0 radical (unpaired) electrons. The van der Waals surface area contributed by atoms with Crippen molar-refractivity contribution in [3.05, 3.63) is 29.3 Å². The Labute approximate surface area is 124 Å². The van der Waals surface area contributed by atoms with Gasteiger partial charge in [0.1, 0.15) is 11.6 Å². The SMILES string of the molecule is Cc1cc(Nc2cc(C)[nH]n2)nc(C2CCC(O)CC2)n1. The van der Waals surface area contributed by atoms with Gasteiger partial charge in [-0.05, 0) is 39.5 Å². The fraction of sp³-hybridized carbons (Fsp3) is 0.533. The Kier molecular flexibility index (Phi) is 3.88. The Morgan fingerprint density at radius 2 is 1.86 bits per heavy atom. The number of hydrogen-bond acceptors (Lipinski definition) is 5. The molecule has 1 aliphatic carbocycles. The van der Waals surface area contributed by atoms with Crippen molar-refractivity contribution < 1.29 is 5.11 Å². The molecule has 0 aromatic carbocycles. The summed E-state index contributed by atoms with van der Waals surface area (Å²) in [5.41, 5.74) is 1.95. The third kappa shape index (κ3) is 3.39. The van der Waals surface area contributed by atoms with E-state index in [1.54, 1.807) is 0 Å². The van der Waals surface area contributed by atoms with Crippen LogP contribution in [0.3, 0.4) is 0 Å². The minimum atomic E-state index is -0.157. The Balaban J connectivity index is 1.79. The number of aliphatic hydroxyl groups is 1. The number of anilines is 2. The van der Waals surface area contributed by atoms with E-state index in [2.05, 4.69) is 25.5 Å². The maximum atomic E-state index is 9.62. The summed E-state index contributed by atoms with van der Waals surface area (Å²) in [5, 5.41) is 19.9. The van der Waals surface area contributed by atoms with E-state index in [1.165, 1.54) is 0 Å². The summed E-state index contributed by atoms with van der Waals surface area (Å²) < 4.78 is 0. The van der Waals surface area contributed by atoms with E-state index in [-0.39, 0.29) is 6.10 Å². The van der Waals surface area contributed by atoms with Crippen molar-refractivity contribution in [2.24, 2.45) is 0 Å². The molecule has 3 N–H and O–H groups in total. The smallest absolute Gasteiger partial charge is 0.153 e. The fourth-order valence-electron chi connectivity index (χ4n) is 2.79. The van der Waals surface area contributed by atoms with Gasteiger partial charge in [0.15, 0.2) is 5.82 Å². The molecule has 0 bridgehead atoms. The summed E-state index contributed by atoms with van der Waals surface area (Å²) in [4.78, 5) is 9.20. The van der Waals surface area contributed by atoms with Crippen molar-refractivity contribution >= 4 is 11.6 Å². The van der Waals surface area contributed by atoms with Crippen molar-refractivity contribution in [2.75, 3.05) is 5.32 Å². The number of aryl methyl sites for hydroxylation is 2. The van der Waals surface area contributed by atoms with Gasteiger partial charge in [0.05, 0.1) is 6.10 Å². The Hall–Kier alpha value is -1.95. The average Bonchev–Trinajstić information content (AvgIpc) is 2.84. The second-order valence-corrected chi connectivity index (χ2v) is 5.82. The number of H-pyrrole nitrogens is 1. The first-order valence-corrected chi connectivity index (χ1v) is 7.43. The van der Waals surface area contributed by atoms with Gasteiger partial charge in [0, 0.05) is 29.4 Å². The number of aliphatic hydroxyl groups excluding tert-OH is 1. The van der Waals surface area contributed by atoms with Crippen LogP contribution in [0.15, 0.2) is 12.1 Å². The van der Waals surface area contributed by atoms with Gasteiger partial charge in [-0.15, -0.1) is 0 Å². The molecular weight excluding hydrogens is 266 g/mol. The highest BCUT2D eigenvalue weighted by Gasteiger charge is 2.23. The van der Waals surface area contributed by atoms with E-state index < -0.39 is 0 Å². The van der Waals surface area contributed by atoms with E-state index in [0.717, 1.165) is 54.5 Å². The van der Waals surface area contributed by atoms with Crippen LogP contribution in [0.25, 0.3) is 0 Å². The second-order valence-electron chi connectivity index (χ2n) is 5.82. The van der Waals surface area contributed by atoms with Crippen LogP contribution in [0.5, 0.6) is 0 Å². The Morgan fingerprint density at radius 1 is 1.10 bits per heavy atom. The largest absolute Gasteiger partial charge is 0.393 e. The minimum absolute atomic E-state index is 0.157. The second kappa shape index (κ2) is 5.81. The van der Waals surface area contributed by atoms with Crippen LogP contribution in [0, 0.1) is 13.8 Å². The molecule has 21 heavy (non-hydrogen) atoms. The van der Waals surface area contributed by atoms with Gasteiger partial charge >= 0.3 is 0 Å². The van der Waals surface area contributed by atoms with E-state index >= 15 is 0 Å². The minimum Gasteiger partial charge on any atom is -0.393 e. The molecular formula is C15H21N5O. The Bertz CT molecular complexity index is 616. The summed E-state index contributed by atoms with van der Waals surface area (Å²) in [7, 11) is 0. The lowest BCUT2D eigenvalue weighted by molar-refractivity contribution is 0.121. The van der Waals surface area contributed by atoms with Crippen LogP contribution in [-0.4, -0.2) is 31.4 Å². The lowest BCUT2D eigenvalue weighted by Gasteiger charge is -2.24. The van der Waals surface area contributed by atoms with Gasteiger partial charge in [0.25, 0.3) is 0 Å². The molecule has 3 rings (SSSR count). The van der Waals surface area contributed by atoms with Crippen molar-refractivity contribution in [2.45, 2.75) is 51.6 Å². The quantitative estimate of drug-likeness (QED) is 0.807. The van der Waals surface area contributed by atoms with Crippen molar-refractivity contribution in [1.82, 2.24) is 20.2 Å². The third-order valence-electron chi connectivity index (χ3n) is 3.90. The van der Waals surface area contributed by atoms with Gasteiger partial charge in [0.2, 0.25) is 0 Å². The van der Waals surface area contributed by atoms with Crippen LogP contribution in [0.1, 0.15) is 48.8 Å². The topological polar surface area (TPSA) is 86.7 Å². The lowest BCUT2D eigenvalue weighted by Crippen LogP contribution is -2.19. The van der Waals surface area contributed by atoms with Crippen LogP contribution < -0.4 is 5.32 Å². The molecule has 1 aliphatic rings. The zero-order chi connectivity index (χ0) is 14.8. The van der Waals surface area contributed by atoms with Gasteiger partial charge in [-0.25, -0.2) is 9.97 Å². The van der Waals surface area contributed by atoms with Crippen molar-refractivity contribution in [3.63, 3.8) is 0 Å². The summed E-state index contributed by atoms with van der Waals surface area (Å²) in [5.74, 6) is 2.75. The molecule has 2 heterocycles. The molecule has 0 amide bonds. The molecule has 6 nitrogen and oxygen atoms in total. The number of aromatic nitrogens is 4. The maximum Gasteiger partial charge on any atom is 0.153 e. The van der Waals surface area contributed by atoms with Crippen LogP contribution in [-0.2, 0) is 0 Å². The number of nitrogens with one attached hydrogen (secondary N) is 2. The molecule has 0 aliphatic heterocycles. The number of nitrogens with zero attached hydrogens (tertiary/aromatic N) is 3. The van der Waals surface area contributed by atoms with Crippen LogP contribution >= 0.6 is 0 Å². The highest BCUT2D eigenvalue weighted by atomic mass is 16.3. The zero-order valence-electron chi connectivity index (χ0n) is 12.4. The maximum absolute atomic E-state index is 9.62. The first kappa shape index (κ1) is 14.0. The van der Waals surface area contributed by atoms with Crippen LogP contribution in [0.4, 0.5) is 11.6 Å². The first-order chi connectivity index (χ1) is 10.1. The van der Waals surface area contributed by atoms with Gasteiger partial charge in [-0.3, -0.25) is 5.10 Å². The third-order valence-corrected chi connectivity index (χ3v) is 3.90. The number of rotatable bonds is 3. The average molecular weight is 287 g/mol. The summed E-state index contributed by atoms with van der Waals surface area (Å²) in [6.45, 7) is 3.94. The van der Waals surface area contributed by atoms with Crippen molar-refractivity contribution in [1.29, 1.82) is 0 Å². The molecule has 6 heteroatoms. The van der Waals surface area contributed by atoms with Gasteiger partial charge in [-0.2, -0.15) is 5.10 Å². The molecule has 0 spiro atoms. The summed E-state index contributed by atoms with van der Waals surface area (Å²) in [6.07, 6.45) is 3.42. The van der Waals surface area contributed by atoms with Gasteiger partial charge < -0.3 is 10.4 Å². The molecule has 0 unspecified atom stereocenters. The normalized spacial score (nSPS) is 22.2. The molecule has 0 atom stereocenters. The molecule has 2 aromatic rings. The van der Waals surface area contributed by atoms with E-state index in [9.17, 15) is 5.11 Å². The zero-order valence-corrected chi connectivity index (χ0v) is 12.4. The van der Waals surface area contributed by atoms with E-state index in [1.807, 2.05) is 26.0 Å².